The van der Waals surface area contributed by atoms with Gasteiger partial charge in [-0.15, -0.1) is 0 Å². The lowest BCUT2D eigenvalue weighted by Gasteiger charge is -2.11. The molecule has 0 unspecified atom stereocenters. The summed E-state index contributed by atoms with van der Waals surface area (Å²) >= 11 is 0. The maximum atomic E-state index is 12.8. The van der Waals surface area contributed by atoms with Crippen LogP contribution in [-0.4, -0.2) is 36.4 Å². The van der Waals surface area contributed by atoms with E-state index in [1.807, 2.05) is 61.7 Å². The molecule has 2 heterocycles. The van der Waals surface area contributed by atoms with Gasteiger partial charge in [-0.05, 0) is 74.9 Å². The van der Waals surface area contributed by atoms with Crippen molar-refractivity contribution in [3.05, 3.63) is 101 Å². The van der Waals surface area contributed by atoms with E-state index in [4.69, 9.17) is 13.9 Å². The van der Waals surface area contributed by atoms with Crippen LogP contribution in [0.15, 0.2) is 76.2 Å². The highest BCUT2D eigenvalue weighted by Crippen LogP contribution is 2.29. The van der Waals surface area contributed by atoms with E-state index in [9.17, 15) is 9.59 Å². The Morgan fingerprint density at radius 1 is 1.00 bits per heavy atom. The lowest BCUT2D eigenvalue weighted by atomic mass is 10.2. The van der Waals surface area contributed by atoms with E-state index in [1.165, 1.54) is 19.4 Å². The van der Waals surface area contributed by atoms with Crippen molar-refractivity contribution in [3.8, 4) is 17.2 Å². The van der Waals surface area contributed by atoms with Crippen molar-refractivity contribution in [1.82, 2.24) is 9.99 Å². The zero-order chi connectivity index (χ0) is 27.1. The summed E-state index contributed by atoms with van der Waals surface area (Å²) in [5.41, 5.74) is 6.64. The quantitative estimate of drug-likeness (QED) is 0.177. The number of esters is 1. The van der Waals surface area contributed by atoms with Crippen LogP contribution >= 0.6 is 0 Å². The first-order valence-corrected chi connectivity index (χ1v) is 12.1. The summed E-state index contributed by atoms with van der Waals surface area (Å²) in [6.07, 6.45) is 1.54. The number of methoxy groups -OCH3 is 1. The molecule has 0 fully saturated rings. The largest absolute Gasteiger partial charge is 0.490 e. The van der Waals surface area contributed by atoms with Crippen molar-refractivity contribution < 1.29 is 28.2 Å². The first-order valence-electron chi connectivity index (χ1n) is 12.1. The molecule has 0 aliphatic heterocycles. The molecule has 2 aromatic heterocycles. The topological polar surface area (TPSA) is 104 Å². The van der Waals surface area contributed by atoms with Gasteiger partial charge >= 0.3 is 5.97 Å². The van der Waals surface area contributed by atoms with Gasteiger partial charge in [0.05, 0.1) is 25.5 Å². The summed E-state index contributed by atoms with van der Waals surface area (Å²) < 4.78 is 23.7. The van der Waals surface area contributed by atoms with E-state index < -0.39 is 5.97 Å². The Morgan fingerprint density at radius 2 is 1.79 bits per heavy atom. The minimum atomic E-state index is -0.555. The van der Waals surface area contributed by atoms with Gasteiger partial charge in [-0.2, -0.15) is 5.10 Å². The molecule has 0 atom stereocenters. The molecule has 0 aliphatic rings. The predicted molar refractivity (Wildman–Crippen MR) is 142 cm³/mol. The van der Waals surface area contributed by atoms with E-state index in [0.29, 0.717) is 35.0 Å². The van der Waals surface area contributed by atoms with Gasteiger partial charge in [0.25, 0.3) is 5.91 Å². The van der Waals surface area contributed by atoms with Gasteiger partial charge in [0, 0.05) is 17.1 Å². The Hall–Kier alpha value is -4.79. The number of furan rings is 1. The molecule has 38 heavy (non-hydrogen) atoms. The average Bonchev–Trinajstić information content (AvgIpc) is 3.52. The van der Waals surface area contributed by atoms with Crippen molar-refractivity contribution in [2.24, 2.45) is 5.10 Å². The number of amides is 1. The molecule has 1 amide bonds. The summed E-state index contributed by atoms with van der Waals surface area (Å²) in [4.78, 5) is 24.4. The summed E-state index contributed by atoms with van der Waals surface area (Å²) in [5, 5.41) is 4.13. The first kappa shape index (κ1) is 26.3. The third-order valence-electron chi connectivity index (χ3n) is 5.76. The lowest BCUT2D eigenvalue weighted by molar-refractivity contribution is 0.0560. The van der Waals surface area contributed by atoms with Crippen molar-refractivity contribution in [3.63, 3.8) is 0 Å². The van der Waals surface area contributed by atoms with Crippen LogP contribution in [0.25, 0.3) is 5.69 Å². The van der Waals surface area contributed by atoms with Gasteiger partial charge in [0.2, 0.25) is 5.76 Å². The first-order chi connectivity index (χ1) is 18.4. The van der Waals surface area contributed by atoms with Crippen LogP contribution in [0.5, 0.6) is 11.5 Å². The zero-order valence-corrected chi connectivity index (χ0v) is 21.7. The monoisotopic (exact) mass is 515 g/mol. The number of hydrogen-bond donors (Lipinski definition) is 1. The number of hydrazone groups is 1. The fourth-order valence-electron chi connectivity index (χ4n) is 4.00. The number of nitrogens with zero attached hydrogens (tertiary/aromatic N) is 2. The molecular weight excluding hydrogens is 486 g/mol. The Kier molecular flexibility index (Phi) is 8.27. The molecule has 4 rings (SSSR count). The van der Waals surface area contributed by atoms with Crippen LogP contribution in [-0.2, 0) is 11.3 Å². The molecule has 0 saturated carbocycles. The highest BCUT2D eigenvalue weighted by atomic mass is 16.5. The second-order valence-electron chi connectivity index (χ2n) is 8.34. The molecule has 9 heteroatoms. The van der Waals surface area contributed by atoms with Gasteiger partial charge < -0.3 is 23.2 Å². The number of hydrogen-bond acceptors (Lipinski definition) is 7. The van der Waals surface area contributed by atoms with E-state index in [2.05, 4.69) is 15.3 Å². The molecule has 196 valence electrons. The van der Waals surface area contributed by atoms with Crippen molar-refractivity contribution in [1.29, 1.82) is 0 Å². The summed E-state index contributed by atoms with van der Waals surface area (Å²) in [6.45, 7) is 6.26. The Balaban J connectivity index is 1.42. The number of benzene rings is 2. The second-order valence-corrected chi connectivity index (χ2v) is 8.34. The van der Waals surface area contributed by atoms with Crippen molar-refractivity contribution >= 4 is 18.1 Å². The SMILES string of the molecule is CCOc1cc(/C=N/NC(=O)c2cc(C)n(-c3ccccc3)c2C)ccc1OCc1ccc(C(=O)OC)o1. The number of aryl methyl sites for hydroxylation is 1. The summed E-state index contributed by atoms with van der Waals surface area (Å²) in [5.74, 6) is 0.721. The minimum Gasteiger partial charge on any atom is -0.490 e. The number of para-hydroxylation sites is 1. The zero-order valence-electron chi connectivity index (χ0n) is 21.7. The number of carbonyl (C=O) groups excluding carboxylic acids is 2. The Morgan fingerprint density at radius 3 is 2.53 bits per heavy atom. The van der Waals surface area contributed by atoms with Gasteiger partial charge in [0.1, 0.15) is 12.4 Å². The van der Waals surface area contributed by atoms with E-state index in [-0.39, 0.29) is 18.3 Å². The normalized spacial score (nSPS) is 10.9. The number of aromatic nitrogens is 1. The van der Waals surface area contributed by atoms with E-state index in [1.54, 1.807) is 24.3 Å². The van der Waals surface area contributed by atoms with Gasteiger partial charge in [-0.1, -0.05) is 18.2 Å². The molecule has 0 bridgehead atoms. The van der Waals surface area contributed by atoms with Gasteiger partial charge in [-0.25, -0.2) is 10.2 Å². The highest BCUT2D eigenvalue weighted by molar-refractivity contribution is 5.96. The molecular formula is C29H29N3O6. The summed E-state index contributed by atoms with van der Waals surface area (Å²) in [6, 6.07) is 20.2. The fraction of sp³-hybridized carbons (Fsp3) is 0.207. The summed E-state index contributed by atoms with van der Waals surface area (Å²) in [7, 11) is 1.29. The van der Waals surface area contributed by atoms with E-state index >= 15 is 0 Å². The van der Waals surface area contributed by atoms with Crippen LogP contribution in [0, 0.1) is 13.8 Å². The fourth-order valence-corrected chi connectivity index (χ4v) is 4.00. The average molecular weight is 516 g/mol. The molecule has 2 aromatic carbocycles. The van der Waals surface area contributed by atoms with E-state index in [0.717, 1.165) is 17.1 Å². The molecule has 0 aliphatic carbocycles. The maximum Gasteiger partial charge on any atom is 0.373 e. The molecule has 9 nitrogen and oxygen atoms in total. The standard InChI is InChI=1S/C29H29N3O6/c1-5-36-27-16-21(11-13-25(27)37-18-23-12-14-26(38-23)29(34)35-4)17-30-31-28(33)24-15-19(2)32(20(24)3)22-9-7-6-8-10-22/h6-17H,5,18H2,1-4H3,(H,31,33)/b30-17+. The number of carbonyl (C=O) groups is 2. The molecule has 0 spiro atoms. The van der Waals surface area contributed by atoms with Crippen LogP contribution in [0.4, 0.5) is 0 Å². The third-order valence-corrected chi connectivity index (χ3v) is 5.76. The van der Waals surface area contributed by atoms with Crippen LogP contribution in [0.3, 0.4) is 0 Å². The second kappa shape index (κ2) is 12.0. The van der Waals surface area contributed by atoms with Crippen molar-refractivity contribution in [2.45, 2.75) is 27.4 Å². The number of rotatable bonds is 10. The van der Waals surface area contributed by atoms with Crippen LogP contribution < -0.4 is 14.9 Å². The Labute approximate surface area is 220 Å². The van der Waals surface area contributed by atoms with Crippen molar-refractivity contribution in [2.75, 3.05) is 13.7 Å². The minimum absolute atomic E-state index is 0.0992. The molecule has 0 radical (unpaired) electrons. The predicted octanol–water partition coefficient (Wildman–Crippen LogP) is 5.22. The van der Waals surface area contributed by atoms with Crippen LogP contribution in [0.1, 0.15) is 50.5 Å². The van der Waals surface area contributed by atoms with Crippen LogP contribution in [0.2, 0.25) is 0 Å². The number of nitrogens with one attached hydrogen (secondary N) is 1. The third kappa shape index (κ3) is 5.95. The highest BCUT2D eigenvalue weighted by Gasteiger charge is 2.16. The molecule has 1 N–H and O–H groups in total. The molecule has 0 saturated heterocycles. The number of ether oxygens (including phenoxy) is 3. The van der Waals surface area contributed by atoms with Gasteiger partial charge in [-0.3, -0.25) is 4.79 Å². The van der Waals surface area contributed by atoms with Gasteiger partial charge in [0.15, 0.2) is 11.5 Å². The smallest absolute Gasteiger partial charge is 0.373 e. The lowest BCUT2D eigenvalue weighted by Crippen LogP contribution is -2.18. The maximum absolute atomic E-state index is 12.8. The molecule has 4 aromatic rings. The Bertz CT molecular complexity index is 1450.